The van der Waals surface area contributed by atoms with Crippen molar-refractivity contribution in [3.63, 3.8) is 0 Å². The van der Waals surface area contributed by atoms with Crippen LogP contribution in [0.5, 0.6) is 0 Å². The summed E-state index contributed by atoms with van der Waals surface area (Å²) >= 11 is 2.10. The standard InChI is InChI=1S/C16H30N2OS/c1-15(17-2)4-8-18(9-5-15)14-3-10-19-16(13-14)6-11-20-12-7-16/h14,17H,3-13H2,1-2H3. The Labute approximate surface area is 128 Å². The van der Waals surface area contributed by atoms with Crippen LogP contribution in [-0.2, 0) is 4.74 Å². The van der Waals surface area contributed by atoms with Crippen LogP contribution in [0.2, 0.25) is 0 Å². The Kier molecular flexibility index (Phi) is 4.66. The van der Waals surface area contributed by atoms with Crippen LogP contribution < -0.4 is 5.32 Å². The minimum Gasteiger partial charge on any atom is -0.375 e. The highest BCUT2D eigenvalue weighted by Gasteiger charge is 2.41. The van der Waals surface area contributed by atoms with Gasteiger partial charge in [-0.2, -0.15) is 11.8 Å². The molecule has 0 bridgehead atoms. The van der Waals surface area contributed by atoms with Gasteiger partial charge in [-0.15, -0.1) is 0 Å². The van der Waals surface area contributed by atoms with E-state index >= 15 is 0 Å². The molecule has 3 nitrogen and oxygen atoms in total. The van der Waals surface area contributed by atoms with Crippen molar-refractivity contribution in [1.82, 2.24) is 10.2 Å². The first-order valence-electron chi connectivity index (χ1n) is 8.30. The third kappa shape index (κ3) is 3.18. The summed E-state index contributed by atoms with van der Waals surface area (Å²) in [7, 11) is 2.11. The zero-order chi connectivity index (χ0) is 14.1. The van der Waals surface area contributed by atoms with Gasteiger partial charge in [0.1, 0.15) is 0 Å². The van der Waals surface area contributed by atoms with Gasteiger partial charge < -0.3 is 15.0 Å². The second-order valence-electron chi connectivity index (χ2n) is 7.14. The van der Waals surface area contributed by atoms with Gasteiger partial charge in [0.15, 0.2) is 0 Å². The van der Waals surface area contributed by atoms with Crippen LogP contribution in [0.15, 0.2) is 0 Å². The molecule has 0 aromatic rings. The van der Waals surface area contributed by atoms with Gasteiger partial charge in [-0.3, -0.25) is 0 Å². The average Bonchev–Trinajstić information content (AvgIpc) is 2.49. The molecule has 3 fully saturated rings. The lowest BCUT2D eigenvalue weighted by atomic mass is 9.83. The Morgan fingerprint density at radius 1 is 1.15 bits per heavy atom. The first-order valence-corrected chi connectivity index (χ1v) is 9.45. The molecule has 3 saturated heterocycles. The Bertz CT molecular complexity index is 317. The van der Waals surface area contributed by atoms with Crippen molar-refractivity contribution < 1.29 is 4.74 Å². The lowest BCUT2D eigenvalue weighted by Crippen LogP contribution is -2.56. The third-order valence-corrected chi connectivity index (χ3v) is 6.88. The highest BCUT2D eigenvalue weighted by atomic mass is 32.2. The predicted molar refractivity (Wildman–Crippen MR) is 86.5 cm³/mol. The molecule has 0 amide bonds. The Morgan fingerprint density at radius 2 is 1.85 bits per heavy atom. The van der Waals surface area contributed by atoms with E-state index in [1.165, 1.54) is 63.1 Å². The van der Waals surface area contributed by atoms with Crippen molar-refractivity contribution in [2.24, 2.45) is 0 Å². The van der Waals surface area contributed by atoms with Crippen LogP contribution in [-0.4, -0.2) is 60.3 Å². The summed E-state index contributed by atoms with van der Waals surface area (Å²) in [5.74, 6) is 2.59. The summed E-state index contributed by atoms with van der Waals surface area (Å²) in [4.78, 5) is 2.76. The second-order valence-corrected chi connectivity index (χ2v) is 8.36. The van der Waals surface area contributed by atoms with E-state index in [1.54, 1.807) is 0 Å². The van der Waals surface area contributed by atoms with Gasteiger partial charge >= 0.3 is 0 Å². The Hall–Kier alpha value is 0.230. The van der Waals surface area contributed by atoms with Crippen LogP contribution in [0.3, 0.4) is 0 Å². The van der Waals surface area contributed by atoms with Crippen molar-refractivity contribution in [3.05, 3.63) is 0 Å². The molecular weight excluding hydrogens is 268 g/mol. The van der Waals surface area contributed by atoms with Crippen LogP contribution in [0.1, 0.15) is 45.4 Å². The number of rotatable bonds is 2. The summed E-state index contributed by atoms with van der Waals surface area (Å²) in [5, 5.41) is 3.51. The fraction of sp³-hybridized carbons (Fsp3) is 1.00. The maximum Gasteiger partial charge on any atom is 0.0713 e. The van der Waals surface area contributed by atoms with Crippen molar-refractivity contribution in [2.45, 2.75) is 62.6 Å². The van der Waals surface area contributed by atoms with E-state index in [-0.39, 0.29) is 5.60 Å². The first-order chi connectivity index (χ1) is 9.65. The number of hydrogen-bond donors (Lipinski definition) is 1. The molecular formula is C16H30N2OS. The molecule has 3 rings (SSSR count). The van der Waals surface area contributed by atoms with E-state index in [0.717, 1.165) is 12.6 Å². The number of ether oxygens (including phenoxy) is 1. The van der Waals surface area contributed by atoms with Crippen LogP contribution in [0.25, 0.3) is 0 Å². The van der Waals surface area contributed by atoms with E-state index in [4.69, 9.17) is 4.74 Å². The van der Waals surface area contributed by atoms with Gasteiger partial charge in [0.25, 0.3) is 0 Å². The normalized spacial score (nSPS) is 34.2. The molecule has 3 heterocycles. The smallest absolute Gasteiger partial charge is 0.0713 e. The summed E-state index contributed by atoms with van der Waals surface area (Å²) in [5.41, 5.74) is 0.596. The zero-order valence-electron chi connectivity index (χ0n) is 13.1. The molecule has 1 atom stereocenters. The van der Waals surface area contributed by atoms with Crippen LogP contribution in [0.4, 0.5) is 0 Å². The number of hydrogen-bond acceptors (Lipinski definition) is 4. The summed E-state index contributed by atoms with van der Waals surface area (Å²) in [6.45, 7) is 5.86. The van der Waals surface area contributed by atoms with Crippen molar-refractivity contribution in [1.29, 1.82) is 0 Å². The van der Waals surface area contributed by atoms with E-state index in [2.05, 4.69) is 35.9 Å². The van der Waals surface area contributed by atoms with E-state index < -0.39 is 0 Å². The highest BCUT2D eigenvalue weighted by Crippen LogP contribution is 2.39. The van der Waals surface area contributed by atoms with Crippen LogP contribution in [0, 0.1) is 0 Å². The van der Waals surface area contributed by atoms with Gasteiger partial charge in [-0.1, -0.05) is 0 Å². The van der Waals surface area contributed by atoms with Gasteiger partial charge in [-0.05, 0) is 64.0 Å². The van der Waals surface area contributed by atoms with Gasteiger partial charge in [0, 0.05) is 31.3 Å². The van der Waals surface area contributed by atoms with E-state index in [1.807, 2.05) is 0 Å². The van der Waals surface area contributed by atoms with E-state index in [0.29, 0.717) is 5.54 Å². The molecule has 1 unspecified atom stereocenters. The topological polar surface area (TPSA) is 24.5 Å². The van der Waals surface area contributed by atoms with Crippen LogP contribution >= 0.6 is 11.8 Å². The second kappa shape index (κ2) is 6.15. The molecule has 4 heteroatoms. The summed E-state index contributed by atoms with van der Waals surface area (Å²) in [6.07, 6.45) is 7.63. The van der Waals surface area contributed by atoms with Crippen molar-refractivity contribution in [3.8, 4) is 0 Å². The third-order valence-electron chi connectivity index (χ3n) is 5.89. The van der Waals surface area contributed by atoms with E-state index in [9.17, 15) is 0 Å². The quantitative estimate of drug-likeness (QED) is 0.846. The highest BCUT2D eigenvalue weighted by molar-refractivity contribution is 7.99. The number of nitrogens with one attached hydrogen (secondary N) is 1. The summed E-state index contributed by atoms with van der Waals surface area (Å²) < 4.78 is 6.24. The van der Waals surface area contributed by atoms with Crippen molar-refractivity contribution >= 4 is 11.8 Å². The lowest BCUT2D eigenvalue weighted by Gasteiger charge is -2.49. The molecule has 0 radical (unpaired) electrons. The molecule has 1 N–H and O–H groups in total. The average molecular weight is 298 g/mol. The zero-order valence-corrected chi connectivity index (χ0v) is 13.9. The molecule has 116 valence electrons. The van der Waals surface area contributed by atoms with Gasteiger partial charge in [0.05, 0.1) is 5.60 Å². The molecule has 0 saturated carbocycles. The summed E-state index contributed by atoms with van der Waals surface area (Å²) in [6, 6.07) is 0.772. The first kappa shape index (κ1) is 15.1. The van der Waals surface area contributed by atoms with Crippen molar-refractivity contribution in [2.75, 3.05) is 38.2 Å². The minimum absolute atomic E-state index is 0.234. The largest absolute Gasteiger partial charge is 0.375 e. The molecule has 0 aliphatic carbocycles. The number of piperidine rings is 1. The minimum atomic E-state index is 0.234. The maximum absolute atomic E-state index is 6.24. The monoisotopic (exact) mass is 298 g/mol. The fourth-order valence-electron chi connectivity index (χ4n) is 4.04. The number of likely N-dealkylation sites (tertiary alicyclic amines) is 1. The SMILES string of the molecule is CNC1(C)CCN(C2CCOC3(CCSCC3)C2)CC1. The molecule has 3 aliphatic rings. The molecule has 20 heavy (non-hydrogen) atoms. The molecule has 0 aromatic heterocycles. The predicted octanol–water partition coefficient (Wildman–Crippen LogP) is 2.51. The molecule has 0 aromatic carbocycles. The van der Waals surface area contributed by atoms with Gasteiger partial charge in [-0.25, -0.2) is 0 Å². The lowest BCUT2D eigenvalue weighted by molar-refractivity contribution is -0.113. The Morgan fingerprint density at radius 3 is 2.50 bits per heavy atom. The fourth-order valence-corrected chi connectivity index (χ4v) is 5.27. The number of nitrogens with zero attached hydrogens (tertiary/aromatic N) is 1. The maximum atomic E-state index is 6.24. The van der Waals surface area contributed by atoms with Gasteiger partial charge in [0.2, 0.25) is 0 Å². The number of thioether (sulfide) groups is 1. The Balaban J connectivity index is 1.58. The molecule has 3 aliphatic heterocycles. The molecule has 1 spiro atoms.